The Morgan fingerprint density at radius 1 is 1.35 bits per heavy atom. The van der Waals surface area contributed by atoms with Gasteiger partial charge in [0.25, 0.3) is 0 Å². The van der Waals surface area contributed by atoms with Crippen LogP contribution in [0.5, 0.6) is 0 Å². The number of aliphatic hydroxyl groups is 1. The van der Waals surface area contributed by atoms with Crippen LogP contribution in [-0.2, 0) is 11.2 Å². The molecule has 0 saturated carbocycles. The third-order valence-corrected chi connectivity index (χ3v) is 2.73. The van der Waals surface area contributed by atoms with Gasteiger partial charge in [0.2, 0.25) is 5.91 Å². The van der Waals surface area contributed by atoms with Gasteiger partial charge in [0.15, 0.2) is 0 Å². The Bertz CT molecular complexity index is 411. The zero-order chi connectivity index (χ0) is 13.1. The molecule has 0 unspecified atom stereocenters. The molecule has 0 radical (unpaired) electrons. The number of amides is 1. The van der Waals surface area contributed by atoms with Crippen LogP contribution < -0.4 is 5.32 Å². The summed E-state index contributed by atoms with van der Waals surface area (Å²) in [5.74, 6) is -0.0576. The van der Waals surface area contributed by atoms with Crippen LogP contribution >= 0.6 is 0 Å². The van der Waals surface area contributed by atoms with Crippen molar-refractivity contribution in [2.24, 2.45) is 0 Å². The quantitative estimate of drug-likeness (QED) is 0.835. The maximum absolute atomic E-state index is 11.8. The average molecular weight is 235 g/mol. The summed E-state index contributed by atoms with van der Waals surface area (Å²) < 4.78 is 0. The molecule has 0 aliphatic heterocycles. The topological polar surface area (TPSA) is 49.3 Å². The highest BCUT2D eigenvalue weighted by atomic mass is 16.3. The molecule has 3 heteroatoms. The van der Waals surface area contributed by atoms with Crippen molar-refractivity contribution in [3.8, 4) is 0 Å². The first-order chi connectivity index (χ1) is 7.84. The van der Waals surface area contributed by atoms with E-state index >= 15 is 0 Å². The zero-order valence-electron chi connectivity index (χ0n) is 11.0. The molecule has 1 rings (SSSR count). The van der Waals surface area contributed by atoms with E-state index in [1.165, 1.54) is 0 Å². The Hall–Kier alpha value is -1.35. The number of aliphatic hydroxyl groups excluding tert-OH is 1. The van der Waals surface area contributed by atoms with Crippen molar-refractivity contribution in [2.75, 3.05) is 6.61 Å². The molecule has 17 heavy (non-hydrogen) atoms. The van der Waals surface area contributed by atoms with Crippen LogP contribution in [0.3, 0.4) is 0 Å². The molecule has 1 aromatic rings. The lowest BCUT2D eigenvalue weighted by molar-refractivity contribution is -0.122. The molecule has 3 nitrogen and oxygen atoms in total. The van der Waals surface area contributed by atoms with Gasteiger partial charge in [-0.05, 0) is 38.8 Å². The molecule has 2 N–H and O–H groups in total. The molecular weight excluding hydrogens is 214 g/mol. The Kier molecular flexibility index (Phi) is 4.29. The average Bonchev–Trinajstić information content (AvgIpc) is 2.23. The van der Waals surface area contributed by atoms with E-state index in [0.29, 0.717) is 6.42 Å². The largest absolute Gasteiger partial charge is 0.394 e. The number of hydrogen-bond acceptors (Lipinski definition) is 2. The van der Waals surface area contributed by atoms with Crippen LogP contribution in [0.15, 0.2) is 18.2 Å². The van der Waals surface area contributed by atoms with Crippen molar-refractivity contribution in [3.05, 3.63) is 34.9 Å². The van der Waals surface area contributed by atoms with Crippen LogP contribution in [0, 0.1) is 13.8 Å². The molecule has 0 aliphatic rings. The van der Waals surface area contributed by atoms with Crippen molar-refractivity contribution in [1.82, 2.24) is 5.32 Å². The second-order valence-electron chi connectivity index (χ2n) is 5.20. The molecule has 0 aromatic heterocycles. The van der Waals surface area contributed by atoms with Gasteiger partial charge < -0.3 is 10.4 Å². The van der Waals surface area contributed by atoms with Gasteiger partial charge in [-0.15, -0.1) is 0 Å². The normalized spacial score (nSPS) is 11.4. The van der Waals surface area contributed by atoms with Crippen LogP contribution in [0.25, 0.3) is 0 Å². The number of benzene rings is 1. The van der Waals surface area contributed by atoms with Crippen molar-refractivity contribution in [2.45, 2.75) is 39.7 Å². The predicted octanol–water partition coefficient (Wildman–Crippen LogP) is 1.73. The van der Waals surface area contributed by atoms with E-state index in [2.05, 4.69) is 5.32 Å². The standard InChI is InChI=1S/C14H21NO2/c1-10-5-6-11(2)12(7-10)8-13(17)15-14(3,4)9-16/h5-7,16H,8-9H2,1-4H3,(H,15,17). The highest BCUT2D eigenvalue weighted by molar-refractivity contribution is 5.79. The Morgan fingerprint density at radius 3 is 2.59 bits per heavy atom. The molecule has 1 amide bonds. The highest BCUT2D eigenvalue weighted by Gasteiger charge is 2.19. The monoisotopic (exact) mass is 235 g/mol. The van der Waals surface area contributed by atoms with E-state index in [-0.39, 0.29) is 12.5 Å². The van der Waals surface area contributed by atoms with Crippen molar-refractivity contribution in [3.63, 3.8) is 0 Å². The number of carbonyl (C=O) groups is 1. The summed E-state index contributed by atoms with van der Waals surface area (Å²) in [5.41, 5.74) is 2.75. The van der Waals surface area contributed by atoms with Gasteiger partial charge >= 0.3 is 0 Å². The molecular formula is C14H21NO2. The lowest BCUT2D eigenvalue weighted by Crippen LogP contribution is -2.46. The minimum atomic E-state index is -0.561. The van der Waals surface area contributed by atoms with E-state index in [0.717, 1.165) is 16.7 Å². The summed E-state index contributed by atoms with van der Waals surface area (Å²) in [6, 6.07) is 6.09. The minimum absolute atomic E-state index is 0.0576. The maximum atomic E-state index is 11.8. The van der Waals surface area contributed by atoms with Gasteiger partial charge in [0.1, 0.15) is 0 Å². The fraction of sp³-hybridized carbons (Fsp3) is 0.500. The van der Waals surface area contributed by atoms with Crippen LogP contribution in [0.1, 0.15) is 30.5 Å². The Morgan fingerprint density at radius 2 is 2.00 bits per heavy atom. The van der Waals surface area contributed by atoms with E-state index in [9.17, 15) is 4.79 Å². The molecule has 0 bridgehead atoms. The van der Waals surface area contributed by atoms with E-state index < -0.39 is 5.54 Å². The number of carbonyl (C=O) groups excluding carboxylic acids is 1. The summed E-state index contributed by atoms with van der Waals surface area (Å²) in [7, 11) is 0. The molecule has 0 spiro atoms. The first-order valence-corrected chi connectivity index (χ1v) is 5.82. The molecule has 0 saturated heterocycles. The fourth-order valence-electron chi connectivity index (χ4n) is 1.62. The number of aryl methyl sites for hydroxylation is 2. The Labute approximate surface area is 103 Å². The van der Waals surface area contributed by atoms with E-state index in [1.54, 1.807) is 13.8 Å². The molecule has 1 aromatic carbocycles. The summed E-state index contributed by atoms with van der Waals surface area (Å²) in [5, 5.41) is 11.9. The van der Waals surface area contributed by atoms with Crippen molar-refractivity contribution < 1.29 is 9.90 Å². The molecule has 0 aliphatic carbocycles. The van der Waals surface area contributed by atoms with Gasteiger partial charge in [-0.3, -0.25) is 4.79 Å². The molecule has 0 atom stereocenters. The lowest BCUT2D eigenvalue weighted by atomic mass is 10.0. The smallest absolute Gasteiger partial charge is 0.224 e. The third kappa shape index (κ3) is 4.19. The molecule has 0 heterocycles. The Balaban J connectivity index is 2.71. The maximum Gasteiger partial charge on any atom is 0.224 e. The van der Waals surface area contributed by atoms with Crippen molar-refractivity contribution >= 4 is 5.91 Å². The van der Waals surface area contributed by atoms with Gasteiger partial charge in [-0.1, -0.05) is 23.8 Å². The minimum Gasteiger partial charge on any atom is -0.394 e. The van der Waals surface area contributed by atoms with Crippen LogP contribution in [0.4, 0.5) is 0 Å². The van der Waals surface area contributed by atoms with Gasteiger partial charge in [0, 0.05) is 0 Å². The second-order valence-corrected chi connectivity index (χ2v) is 5.20. The first-order valence-electron chi connectivity index (χ1n) is 5.82. The van der Waals surface area contributed by atoms with Crippen molar-refractivity contribution in [1.29, 1.82) is 0 Å². The molecule has 0 fully saturated rings. The highest BCUT2D eigenvalue weighted by Crippen LogP contribution is 2.12. The van der Waals surface area contributed by atoms with E-state index in [4.69, 9.17) is 5.11 Å². The zero-order valence-corrected chi connectivity index (χ0v) is 11.0. The van der Waals surface area contributed by atoms with Gasteiger partial charge in [-0.25, -0.2) is 0 Å². The summed E-state index contributed by atoms with van der Waals surface area (Å²) >= 11 is 0. The van der Waals surface area contributed by atoms with Crippen LogP contribution in [0.2, 0.25) is 0 Å². The van der Waals surface area contributed by atoms with E-state index in [1.807, 2.05) is 32.0 Å². The summed E-state index contributed by atoms with van der Waals surface area (Å²) in [6.45, 7) is 7.55. The lowest BCUT2D eigenvalue weighted by Gasteiger charge is -2.23. The second kappa shape index (κ2) is 5.32. The third-order valence-electron chi connectivity index (χ3n) is 2.73. The molecule has 94 valence electrons. The summed E-state index contributed by atoms with van der Waals surface area (Å²) in [6.07, 6.45) is 0.358. The first kappa shape index (κ1) is 13.7. The predicted molar refractivity (Wildman–Crippen MR) is 68.9 cm³/mol. The SMILES string of the molecule is Cc1ccc(C)c(CC(=O)NC(C)(C)CO)c1. The number of rotatable bonds is 4. The van der Waals surface area contributed by atoms with Crippen LogP contribution in [-0.4, -0.2) is 23.2 Å². The fourth-order valence-corrected chi connectivity index (χ4v) is 1.62. The summed E-state index contributed by atoms with van der Waals surface area (Å²) in [4.78, 5) is 11.8. The van der Waals surface area contributed by atoms with Gasteiger partial charge in [0.05, 0.1) is 18.6 Å². The number of nitrogens with one attached hydrogen (secondary N) is 1. The van der Waals surface area contributed by atoms with Gasteiger partial charge in [-0.2, -0.15) is 0 Å². The number of hydrogen-bond donors (Lipinski definition) is 2.